The Morgan fingerprint density at radius 2 is 2.00 bits per heavy atom. The highest BCUT2D eigenvalue weighted by Gasteiger charge is 2.14. The van der Waals surface area contributed by atoms with Gasteiger partial charge in [0.25, 0.3) is 5.56 Å². The summed E-state index contributed by atoms with van der Waals surface area (Å²) >= 11 is 0. The average molecular weight is 349 g/mol. The molecule has 0 aliphatic rings. The van der Waals surface area contributed by atoms with Crippen LogP contribution in [0.1, 0.15) is 11.4 Å². The SMILES string of the molecule is COc1cccc(CN(C)Cc2nc3c(oc4ccccc43)c(=O)[nH]2)c1. The number of hydrogen-bond donors (Lipinski definition) is 1. The van der Waals surface area contributed by atoms with Gasteiger partial charge in [-0.1, -0.05) is 24.3 Å². The van der Waals surface area contributed by atoms with Gasteiger partial charge in [0.1, 0.15) is 22.7 Å². The summed E-state index contributed by atoms with van der Waals surface area (Å²) in [7, 11) is 3.64. The lowest BCUT2D eigenvalue weighted by Gasteiger charge is -2.16. The quantitative estimate of drug-likeness (QED) is 0.598. The van der Waals surface area contributed by atoms with Gasteiger partial charge in [-0.2, -0.15) is 0 Å². The zero-order chi connectivity index (χ0) is 18.1. The first kappa shape index (κ1) is 16.4. The van der Waals surface area contributed by atoms with Crippen molar-refractivity contribution in [3.63, 3.8) is 0 Å². The minimum atomic E-state index is -0.254. The largest absolute Gasteiger partial charge is 0.497 e. The molecule has 2 aromatic carbocycles. The lowest BCUT2D eigenvalue weighted by Crippen LogP contribution is -2.21. The zero-order valence-corrected chi connectivity index (χ0v) is 14.7. The molecule has 26 heavy (non-hydrogen) atoms. The Hall–Kier alpha value is -3.12. The van der Waals surface area contributed by atoms with Gasteiger partial charge in [0.2, 0.25) is 5.58 Å². The highest BCUT2D eigenvalue weighted by atomic mass is 16.5. The van der Waals surface area contributed by atoms with E-state index in [1.54, 1.807) is 7.11 Å². The van der Waals surface area contributed by atoms with Crippen LogP contribution < -0.4 is 10.3 Å². The molecule has 0 spiro atoms. The number of nitrogens with one attached hydrogen (secondary N) is 1. The van der Waals surface area contributed by atoms with E-state index in [-0.39, 0.29) is 11.1 Å². The van der Waals surface area contributed by atoms with Crippen LogP contribution >= 0.6 is 0 Å². The van der Waals surface area contributed by atoms with Gasteiger partial charge in [0, 0.05) is 11.9 Å². The second-order valence-corrected chi connectivity index (χ2v) is 6.31. The Morgan fingerprint density at radius 1 is 1.15 bits per heavy atom. The average Bonchev–Trinajstić information content (AvgIpc) is 3.01. The van der Waals surface area contributed by atoms with Crippen molar-refractivity contribution in [2.75, 3.05) is 14.2 Å². The van der Waals surface area contributed by atoms with E-state index >= 15 is 0 Å². The number of aromatic nitrogens is 2. The maximum atomic E-state index is 12.4. The van der Waals surface area contributed by atoms with Crippen molar-refractivity contribution in [1.82, 2.24) is 14.9 Å². The second kappa shape index (κ2) is 6.65. The fraction of sp³-hybridized carbons (Fsp3) is 0.200. The van der Waals surface area contributed by atoms with Crippen LogP contribution in [0.25, 0.3) is 22.1 Å². The fourth-order valence-corrected chi connectivity index (χ4v) is 3.12. The predicted molar refractivity (Wildman–Crippen MR) is 100 cm³/mol. The monoisotopic (exact) mass is 349 g/mol. The van der Waals surface area contributed by atoms with Crippen LogP contribution in [0.5, 0.6) is 5.75 Å². The Bertz CT molecular complexity index is 1130. The molecule has 0 unspecified atom stereocenters. The van der Waals surface area contributed by atoms with E-state index in [2.05, 4.69) is 14.9 Å². The van der Waals surface area contributed by atoms with Crippen molar-refractivity contribution in [1.29, 1.82) is 0 Å². The molecule has 0 bridgehead atoms. The molecule has 132 valence electrons. The van der Waals surface area contributed by atoms with E-state index in [4.69, 9.17) is 9.15 Å². The molecule has 0 fully saturated rings. The molecule has 0 aliphatic heterocycles. The molecule has 0 amide bonds. The highest BCUT2D eigenvalue weighted by molar-refractivity contribution is 6.01. The van der Waals surface area contributed by atoms with E-state index in [0.29, 0.717) is 30.0 Å². The van der Waals surface area contributed by atoms with Gasteiger partial charge in [-0.05, 0) is 36.9 Å². The van der Waals surface area contributed by atoms with Gasteiger partial charge in [-0.25, -0.2) is 4.98 Å². The molecule has 0 saturated heterocycles. The van der Waals surface area contributed by atoms with Crippen molar-refractivity contribution >= 4 is 22.1 Å². The number of aromatic amines is 1. The number of rotatable bonds is 5. The van der Waals surface area contributed by atoms with Crippen molar-refractivity contribution in [2.24, 2.45) is 0 Å². The molecule has 0 radical (unpaired) electrons. The lowest BCUT2D eigenvalue weighted by molar-refractivity contribution is 0.310. The van der Waals surface area contributed by atoms with Gasteiger partial charge < -0.3 is 14.1 Å². The summed E-state index contributed by atoms with van der Waals surface area (Å²) < 4.78 is 10.9. The van der Waals surface area contributed by atoms with Gasteiger partial charge in [-0.15, -0.1) is 0 Å². The van der Waals surface area contributed by atoms with Crippen LogP contribution in [-0.4, -0.2) is 29.0 Å². The smallest absolute Gasteiger partial charge is 0.294 e. The molecule has 1 N–H and O–H groups in total. The Kier molecular flexibility index (Phi) is 4.18. The van der Waals surface area contributed by atoms with Gasteiger partial charge in [-0.3, -0.25) is 9.69 Å². The number of para-hydroxylation sites is 1. The molecular weight excluding hydrogens is 330 g/mol. The number of nitrogens with zero attached hydrogens (tertiary/aromatic N) is 2. The third-order valence-electron chi connectivity index (χ3n) is 4.29. The van der Waals surface area contributed by atoms with Crippen molar-refractivity contribution < 1.29 is 9.15 Å². The van der Waals surface area contributed by atoms with Gasteiger partial charge >= 0.3 is 0 Å². The topological polar surface area (TPSA) is 71.4 Å². The van der Waals surface area contributed by atoms with Crippen LogP contribution in [0.3, 0.4) is 0 Å². The lowest BCUT2D eigenvalue weighted by atomic mass is 10.2. The Morgan fingerprint density at radius 3 is 2.85 bits per heavy atom. The third kappa shape index (κ3) is 3.07. The first-order chi connectivity index (χ1) is 12.6. The van der Waals surface area contributed by atoms with Gasteiger partial charge in [0.05, 0.1) is 13.7 Å². The minimum Gasteiger partial charge on any atom is -0.497 e. The number of H-pyrrole nitrogens is 1. The third-order valence-corrected chi connectivity index (χ3v) is 4.29. The predicted octanol–water partition coefficient (Wildman–Crippen LogP) is 3.31. The number of fused-ring (bicyclic) bond motifs is 3. The van der Waals surface area contributed by atoms with Crippen LogP contribution in [0.2, 0.25) is 0 Å². The number of furan rings is 1. The number of hydrogen-bond acceptors (Lipinski definition) is 5. The maximum absolute atomic E-state index is 12.4. The molecule has 4 rings (SSSR count). The standard InChI is InChI=1S/C20H19N3O3/c1-23(11-13-6-5-7-14(10-13)25-2)12-17-21-18-15-8-3-4-9-16(15)26-19(18)20(24)22-17/h3-10H,11-12H2,1-2H3,(H,21,22,24). The summed E-state index contributed by atoms with van der Waals surface area (Å²) in [5.41, 5.74) is 2.42. The molecule has 0 saturated carbocycles. The molecule has 0 aliphatic carbocycles. The zero-order valence-electron chi connectivity index (χ0n) is 14.7. The first-order valence-corrected chi connectivity index (χ1v) is 8.36. The number of methoxy groups -OCH3 is 1. The molecule has 2 aromatic heterocycles. The van der Waals surface area contributed by atoms with Gasteiger partial charge in [0.15, 0.2) is 0 Å². The fourth-order valence-electron chi connectivity index (χ4n) is 3.12. The van der Waals surface area contributed by atoms with Crippen LogP contribution in [-0.2, 0) is 13.1 Å². The molecular formula is C20H19N3O3. The van der Waals surface area contributed by atoms with Crippen molar-refractivity contribution in [3.05, 3.63) is 70.3 Å². The van der Waals surface area contributed by atoms with Crippen molar-refractivity contribution in [3.8, 4) is 5.75 Å². The van der Waals surface area contributed by atoms with Crippen LogP contribution in [0, 0.1) is 0 Å². The summed E-state index contributed by atoms with van der Waals surface area (Å²) in [5, 5.41) is 0.852. The molecule has 4 aromatic rings. The molecule has 0 atom stereocenters. The Balaban J connectivity index is 1.62. The minimum absolute atomic E-state index is 0.254. The summed E-state index contributed by atoms with van der Waals surface area (Å²) in [6, 6.07) is 15.5. The summed E-state index contributed by atoms with van der Waals surface area (Å²) in [6.07, 6.45) is 0. The summed E-state index contributed by atoms with van der Waals surface area (Å²) in [5.74, 6) is 1.44. The van der Waals surface area contributed by atoms with E-state index in [0.717, 1.165) is 16.7 Å². The highest BCUT2D eigenvalue weighted by Crippen LogP contribution is 2.24. The Labute approximate surface area is 150 Å². The maximum Gasteiger partial charge on any atom is 0.294 e. The first-order valence-electron chi connectivity index (χ1n) is 8.36. The normalized spacial score (nSPS) is 11.5. The number of ether oxygens (including phenoxy) is 1. The molecule has 6 nitrogen and oxygen atoms in total. The van der Waals surface area contributed by atoms with Crippen molar-refractivity contribution in [2.45, 2.75) is 13.1 Å². The van der Waals surface area contributed by atoms with Crippen LogP contribution in [0.4, 0.5) is 0 Å². The van der Waals surface area contributed by atoms with E-state index in [9.17, 15) is 4.79 Å². The van der Waals surface area contributed by atoms with E-state index in [1.165, 1.54) is 0 Å². The molecule has 6 heteroatoms. The van der Waals surface area contributed by atoms with Crippen LogP contribution in [0.15, 0.2) is 57.7 Å². The van der Waals surface area contributed by atoms with E-state index in [1.807, 2.05) is 55.6 Å². The second-order valence-electron chi connectivity index (χ2n) is 6.31. The summed E-state index contributed by atoms with van der Waals surface area (Å²) in [6.45, 7) is 1.23. The van der Waals surface area contributed by atoms with E-state index < -0.39 is 0 Å². The molecule has 2 heterocycles. The number of benzene rings is 2. The summed E-state index contributed by atoms with van der Waals surface area (Å²) in [4.78, 5) is 21.9.